The van der Waals surface area contributed by atoms with E-state index in [1.807, 2.05) is 0 Å². The molecule has 0 N–H and O–H groups in total. The molecule has 0 fully saturated rings. The summed E-state index contributed by atoms with van der Waals surface area (Å²) < 4.78 is 68.9. The Morgan fingerprint density at radius 2 is 1.81 bits per heavy atom. The van der Waals surface area contributed by atoms with Crippen molar-refractivity contribution in [2.75, 3.05) is 24.5 Å². The SMILES string of the molecule is CCN(CC)S(=O)(=O)c1cc(C(=O)N2CCCc3cc(OC(F)(F)F)ccc32)ccc1C. The fraction of sp³-hybridized carbons (Fsp3) is 0.409. The van der Waals surface area contributed by atoms with E-state index in [-0.39, 0.29) is 16.2 Å². The van der Waals surface area contributed by atoms with E-state index in [1.165, 1.54) is 33.5 Å². The first-order valence-corrected chi connectivity index (χ1v) is 11.7. The van der Waals surface area contributed by atoms with E-state index in [0.717, 1.165) is 0 Å². The van der Waals surface area contributed by atoms with Gasteiger partial charge in [0, 0.05) is 30.9 Å². The lowest BCUT2D eigenvalue weighted by molar-refractivity contribution is -0.274. The van der Waals surface area contributed by atoms with Gasteiger partial charge in [-0.2, -0.15) is 4.31 Å². The van der Waals surface area contributed by atoms with Crippen LogP contribution in [0.2, 0.25) is 0 Å². The van der Waals surface area contributed by atoms with Crippen LogP contribution in [0.4, 0.5) is 18.9 Å². The highest BCUT2D eigenvalue weighted by Gasteiger charge is 2.32. The molecule has 0 unspecified atom stereocenters. The summed E-state index contributed by atoms with van der Waals surface area (Å²) in [7, 11) is -3.76. The highest BCUT2D eigenvalue weighted by molar-refractivity contribution is 7.89. The highest BCUT2D eigenvalue weighted by Crippen LogP contribution is 2.34. The van der Waals surface area contributed by atoms with Crippen LogP contribution >= 0.6 is 0 Å². The predicted octanol–water partition coefficient (Wildman–Crippen LogP) is 4.52. The van der Waals surface area contributed by atoms with Gasteiger partial charge < -0.3 is 9.64 Å². The number of rotatable bonds is 6. The van der Waals surface area contributed by atoms with Gasteiger partial charge in [-0.25, -0.2) is 8.42 Å². The van der Waals surface area contributed by atoms with Gasteiger partial charge in [0.1, 0.15) is 5.75 Å². The molecule has 10 heteroatoms. The van der Waals surface area contributed by atoms with Crippen LogP contribution in [-0.2, 0) is 16.4 Å². The third-order valence-corrected chi connectivity index (χ3v) is 7.60. The minimum Gasteiger partial charge on any atom is -0.406 e. The average molecular weight is 471 g/mol. The summed E-state index contributed by atoms with van der Waals surface area (Å²) in [5, 5.41) is 0. The number of benzene rings is 2. The Hall–Kier alpha value is -2.59. The normalized spacial score (nSPS) is 14.4. The number of sulfonamides is 1. The number of fused-ring (bicyclic) bond motifs is 1. The van der Waals surface area contributed by atoms with Crippen LogP contribution in [0.15, 0.2) is 41.3 Å². The average Bonchev–Trinajstić information content (AvgIpc) is 2.72. The summed E-state index contributed by atoms with van der Waals surface area (Å²) in [5.41, 5.74) is 1.78. The monoisotopic (exact) mass is 470 g/mol. The lowest BCUT2D eigenvalue weighted by Crippen LogP contribution is -2.36. The molecule has 1 aliphatic rings. The van der Waals surface area contributed by atoms with Crippen molar-refractivity contribution in [3.63, 3.8) is 0 Å². The molecular formula is C22H25F3N2O4S. The van der Waals surface area contributed by atoms with Gasteiger partial charge in [0.05, 0.1) is 4.90 Å². The van der Waals surface area contributed by atoms with Crippen molar-refractivity contribution >= 4 is 21.6 Å². The molecule has 6 nitrogen and oxygen atoms in total. The van der Waals surface area contributed by atoms with Gasteiger partial charge in [0.2, 0.25) is 10.0 Å². The maximum atomic E-state index is 13.3. The number of ether oxygens (including phenoxy) is 1. The summed E-state index contributed by atoms with van der Waals surface area (Å²) in [6.45, 7) is 6.14. The molecule has 1 amide bonds. The Morgan fingerprint density at radius 3 is 2.44 bits per heavy atom. The number of hydrogen-bond acceptors (Lipinski definition) is 4. The Bertz CT molecular complexity index is 1110. The number of carbonyl (C=O) groups is 1. The van der Waals surface area contributed by atoms with Crippen molar-refractivity contribution in [3.05, 3.63) is 53.1 Å². The standard InChI is InChI=1S/C22H25F3N2O4S/c1-4-26(5-2)32(29,30)20-14-17(9-8-15(20)3)21(28)27-12-6-7-16-13-18(10-11-19(16)27)31-22(23,24)25/h8-11,13-14H,4-7,12H2,1-3H3. The van der Waals surface area contributed by atoms with Crippen LogP contribution in [-0.4, -0.2) is 44.6 Å². The van der Waals surface area contributed by atoms with Crippen LogP contribution < -0.4 is 9.64 Å². The zero-order valence-corrected chi connectivity index (χ0v) is 18.9. The van der Waals surface area contributed by atoms with Gasteiger partial charge in [0.25, 0.3) is 5.91 Å². The van der Waals surface area contributed by atoms with E-state index in [4.69, 9.17) is 0 Å². The lowest BCUT2D eigenvalue weighted by atomic mass is 10.00. The molecule has 0 aliphatic carbocycles. The summed E-state index contributed by atoms with van der Waals surface area (Å²) >= 11 is 0. The van der Waals surface area contributed by atoms with Crippen molar-refractivity contribution in [3.8, 4) is 5.75 Å². The molecule has 0 saturated carbocycles. The van der Waals surface area contributed by atoms with Gasteiger partial charge in [0.15, 0.2) is 0 Å². The fourth-order valence-corrected chi connectivity index (χ4v) is 5.56. The molecule has 0 radical (unpaired) electrons. The van der Waals surface area contributed by atoms with E-state index < -0.39 is 22.3 Å². The first-order chi connectivity index (χ1) is 15.0. The second-order valence-electron chi connectivity index (χ2n) is 7.47. The third kappa shape index (κ3) is 4.91. The molecule has 2 aromatic carbocycles. The highest BCUT2D eigenvalue weighted by atomic mass is 32.2. The van der Waals surface area contributed by atoms with Crippen molar-refractivity contribution in [1.82, 2.24) is 4.31 Å². The molecule has 1 heterocycles. The summed E-state index contributed by atoms with van der Waals surface area (Å²) in [5.74, 6) is -0.750. The predicted molar refractivity (Wildman–Crippen MR) is 114 cm³/mol. The lowest BCUT2D eigenvalue weighted by Gasteiger charge is -2.30. The zero-order chi connectivity index (χ0) is 23.7. The minimum absolute atomic E-state index is 0.0678. The quantitative estimate of drug-likeness (QED) is 0.623. The van der Waals surface area contributed by atoms with Gasteiger partial charge in [-0.1, -0.05) is 19.9 Å². The van der Waals surface area contributed by atoms with Crippen LogP contribution in [0.1, 0.15) is 41.8 Å². The Labute approximate surface area is 185 Å². The molecule has 0 saturated heterocycles. The molecule has 0 aromatic heterocycles. The molecule has 0 atom stereocenters. The van der Waals surface area contributed by atoms with Crippen LogP contribution in [0.25, 0.3) is 0 Å². The van der Waals surface area contributed by atoms with Crippen molar-refractivity contribution in [1.29, 1.82) is 0 Å². The van der Waals surface area contributed by atoms with Crippen LogP contribution in [0.3, 0.4) is 0 Å². The van der Waals surface area contributed by atoms with Crippen LogP contribution in [0.5, 0.6) is 5.75 Å². The topological polar surface area (TPSA) is 66.9 Å². The summed E-state index contributed by atoms with van der Waals surface area (Å²) in [6, 6.07) is 8.41. The van der Waals surface area contributed by atoms with Crippen LogP contribution in [0, 0.1) is 6.92 Å². The van der Waals surface area contributed by atoms with Gasteiger partial charge in [-0.15, -0.1) is 13.2 Å². The molecule has 32 heavy (non-hydrogen) atoms. The zero-order valence-electron chi connectivity index (χ0n) is 18.1. The molecular weight excluding hydrogens is 445 g/mol. The number of aryl methyl sites for hydroxylation is 2. The second-order valence-corrected chi connectivity index (χ2v) is 9.37. The minimum atomic E-state index is -4.80. The smallest absolute Gasteiger partial charge is 0.406 e. The van der Waals surface area contributed by atoms with Gasteiger partial charge in [-0.3, -0.25) is 4.79 Å². The largest absolute Gasteiger partial charge is 0.573 e. The maximum absolute atomic E-state index is 13.3. The number of hydrogen-bond donors (Lipinski definition) is 0. The third-order valence-electron chi connectivity index (χ3n) is 5.41. The molecule has 2 aromatic rings. The Morgan fingerprint density at radius 1 is 1.12 bits per heavy atom. The number of carbonyl (C=O) groups excluding carboxylic acids is 1. The number of nitrogens with zero attached hydrogens (tertiary/aromatic N) is 2. The molecule has 174 valence electrons. The Kier molecular flexibility index (Phi) is 6.85. The maximum Gasteiger partial charge on any atom is 0.573 e. The van der Waals surface area contributed by atoms with E-state index in [9.17, 15) is 26.4 Å². The number of halogens is 3. The first kappa shape index (κ1) is 24.1. The second kappa shape index (κ2) is 9.11. The number of anilines is 1. The van der Waals surface area contributed by atoms with Crippen molar-refractivity contribution in [2.45, 2.75) is 44.9 Å². The van der Waals surface area contributed by atoms with E-state index in [0.29, 0.717) is 49.3 Å². The van der Waals surface area contributed by atoms with Gasteiger partial charge in [-0.05, 0) is 61.2 Å². The molecule has 0 spiro atoms. The number of alkyl halides is 3. The summed E-state index contributed by atoms with van der Waals surface area (Å²) in [4.78, 5) is 14.8. The fourth-order valence-electron chi connectivity index (χ4n) is 3.85. The summed E-state index contributed by atoms with van der Waals surface area (Å²) in [6.07, 6.45) is -3.73. The molecule has 3 rings (SSSR count). The van der Waals surface area contributed by atoms with E-state index >= 15 is 0 Å². The van der Waals surface area contributed by atoms with Crippen molar-refractivity contribution < 1.29 is 31.1 Å². The van der Waals surface area contributed by atoms with E-state index in [2.05, 4.69) is 4.74 Å². The first-order valence-electron chi connectivity index (χ1n) is 10.3. The van der Waals surface area contributed by atoms with Crippen molar-refractivity contribution in [2.24, 2.45) is 0 Å². The number of amides is 1. The Balaban J connectivity index is 1.96. The molecule has 0 bridgehead atoms. The molecule has 1 aliphatic heterocycles. The van der Waals surface area contributed by atoms with E-state index in [1.54, 1.807) is 32.9 Å². The van der Waals surface area contributed by atoms with Gasteiger partial charge >= 0.3 is 6.36 Å².